The molecule has 2 aliphatic rings. The number of nitrogens with one attached hydrogen (secondary N) is 2. The van der Waals surface area contributed by atoms with Gasteiger partial charge in [-0.05, 0) is 60.2 Å². The third-order valence-electron chi connectivity index (χ3n) is 6.17. The van der Waals surface area contributed by atoms with E-state index in [1.165, 1.54) is 37.5 Å². The average molecular weight is 389 g/mol. The maximum atomic E-state index is 12.6. The Labute approximate surface area is 169 Å². The first kappa shape index (κ1) is 17.9. The highest BCUT2D eigenvalue weighted by atomic mass is 16.6. The number of carbonyl (C=O) groups is 1. The van der Waals surface area contributed by atoms with E-state index >= 15 is 0 Å². The molecule has 5 rings (SSSR count). The predicted octanol–water partition coefficient (Wildman–Crippen LogP) is 5.07. The zero-order valence-corrected chi connectivity index (χ0v) is 16.3. The molecule has 2 heterocycles. The summed E-state index contributed by atoms with van der Waals surface area (Å²) in [5.74, 6) is 0.179. The molecule has 1 aliphatic carbocycles. The van der Waals surface area contributed by atoms with Crippen molar-refractivity contribution in [2.75, 3.05) is 17.4 Å². The summed E-state index contributed by atoms with van der Waals surface area (Å²) < 4.78 is 4.77. The van der Waals surface area contributed by atoms with Crippen molar-refractivity contribution in [2.24, 2.45) is 0 Å². The smallest absolute Gasteiger partial charge is 0.256 e. The van der Waals surface area contributed by atoms with Crippen LogP contribution in [0.5, 0.6) is 0 Å². The fraction of sp³-hybridized carbons (Fsp3) is 0.304. The first-order valence-electron chi connectivity index (χ1n) is 10.00. The number of rotatable bonds is 3. The van der Waals surface area contributed by atoms with Gasteiger partial charge in [0.25, 0.3) is 5.91 Å². The summed E-state index contributed by atoms with van der Waals surface area (Å²) in [6.45, 7) is 2.78. The van der Waals surface area contributed by atoms with Gasteiger partial charge >= 0.3 is 0 Å². The van der Waals surface area contributed by atoms with E-state index in [1.807, 2.05) is 18.2 Å². The lowest BCUT2D eigenvalue weighted by Crippen LogP contribution is -2.35. The zero-order chi connectivity index (χ0) is 19.8. The number of anilines is 2. The van der Waals surface area contributed by atoms with Crippen molar-refractivity contribution < 1.29 is 14.2 Å². The number of carbonyl (C=O) groups excluding carboxylic acids is 1. The molecule has 2 N–H and O–H groups in total. The third-order valence-corrected chi connectivity index (χ3v) is 6.17. The molecule has 1 saturated carbocycles. The van der Waals surface area contributed by atoms with Crippen LogP contribution in [0.3, 0.4) is 0 Å². The van der Waals surface area contributed by atoms with Crippen molar-refractivity contribution in [3.63, 3.8) is 0 Å². The summed E-state index contributed by atoms with van der Waals surface area (Å²) in [4.78, 5) is 18.3. The van der Waals surface area contributed by atoms with Crippen LogP contribution in [0.25, 0.3) is 11.1 Å². The van der Waals surface area contributed by atoms with Gasteiger partial charge in [-0.15, -0.1) is 0 Å². The quantitative estimate of drug-likeness (QED) is 0.654. The van der Waals surface area contributed by atoms with E-state index in [2.05, 4.69) is 41.1 Å². The van der Waals surface area contributed by atoms with E-state index in [1.54, 1.807) is 6.07 Å². The van der Waals surface area contributed by atoms with Gasteiger partial charge in [-0.3, -0.25) is 15.1 Å². The van der Waals surface area contributed by atoms with Gasteiger partial charge in [0.15, 0.2) is 5.82 Å². The second-order valence-corrected chi connectivity index (χ2v) is 8.01. The number of hydrogen-bond donors (Lipinski definition) is 2. The molecule has 1 spiro atoms. The van der Waals surface area contributed by atoms with Crippen molar-refractivity contribution in [1.29, 1.82) is 0 Å². The SMILES string of the molecule is Cc1ccc(C(=O)Nc2ccon2)cc1-c1ccc2c(c1)NOCC21CCCC1. The van der Waals surface area contributed by atoms with E-state index in [-0.39, 0.29) is 11.3 Å². The number of fused-ring (bicyclic) bond motifs is 2. The topological polar surface area (TPSA) is 76.4 Å². The molecule has 1 aromatic heterocycles. The Hall–Kier alpha value is -3.12. The molecular formula is C23H23N3O3. The van der Waals surface area contributed by atoms with Crippen molar-refractivity contribution in [2.45, 2.75) is 38.0 Å². The fourth-order valence-corrected chi connectivity index (χ4v) is 4.59. The van der Waals surface area contributed by atoms with Crippen LogP contribution in [-0.4, -0.2) is 17.7 Å². The van der Waals surface area contributed by atoms with Crippen molar-refractivity contribution in [1.82, 2.24) is 5.16 Å². The van der Waals surface area contributed by atoms with Crippen LogP contribution >= 0.6 is 0 Å². The molecule has 6 nitrogen and oxygen atoms in total. The van der Waals surface area contributed by atoms with E-state index in [4.69, 9.17) is 9.36 Å². The lowest BCUT2D eigenvalue weighted by molar-refractivity contribution is 0.102. The Bertz CT molecular complexity index is 1050. The molecule has 1 aliphatic heterocycles. The van der Waals surface area contributed by atoms with Crippen molar-refractivity contribution in [3.05, 3.63) is 65.4 Å². The largest absolute Gasteiger partial charge is 0.363 e. The monoisotopic (exact) mass is 389 g/mol. The average Bonchev–Trinajstić information content (AvgIpc) is 3.41. The van der Waals surface area contributed by atoms with Crippen LogP contribution < -0.4 is 10.8 Å². The van der Waals surface area contributed by atoms with Crippen LogP contribution in [0, 0.1) is 6.92 Å². The van der Waals surface area contributed by atoms with Crippen LogP contribution in [0.1, 0.15) is 47.2 Å². The second-order valence-electron chi connectivity index (χ2n) is 8.01. The second kappa shape index (κ2) is 7.04. The number of amides is 1. The molecule has 148 valence electrons. The summed E-state index contributed by atoms with van der Waals surface area (Å²) in [5, 5.41) is 6.48. The number of nitrogens with zero attached hydrogens (tertiary/aromatic N) is 1. The van der Waals surface area contributed by atoms with Crippen LogP contribution in [0.15, 0.2) is 53.3 Å². The molecule has 3 aromatic rings. The summed E-state index contributed by atoms with van der Waals surface area (Å²) in [6, 6.07) is 13.8. The molecular weight excluding hydrogens is 366 g/mol. The third kappa shape index (κ3) is 3.19. The Morgan fingerprint density at radius 2 is 2.00 bits per heavy atom. The molecule has 2 aromatic carbocycles. The summed E-state index contributed by atoms with van der Waals surface area (Å²) in [5.41, 5.74) is 9.40. The van der Waals surface area contributed by atoms with Gasteiger partial charge in [-0.2, -0.15) is 0 Å². The number of benzene rings is 2. The lowest BCUT2D eigenvalue weighted by Gasteiger charge is -2.36. The van der Waals surface area contributed by atoms with Gasteiger partial charge in [0.05, 0.1) is 12.3 Å². The zero-order valence-electron chi connectivity index (χ0n) is 16.3. The number of aryl methyl sites for hydroxylation is 1. The Morgan fingerprint density at radius 1 is 1.14 bits per heavy atom. The highest BCUT2D eigenvalue weighted by Crippen LogP contribution is 2.47. The van der Waals surface area contributed by atoms with E-state index in [0.29, 0.717) is 11.4 Å². The Kier molecular flexibility index (Phi) is 4.36. The van der Waals surface area contributed by atoms with Crippen LogP contribution in [0.4, 0.5) is 11.5 Å². The molecule has 29 heavy (non-hydrogen) atoms. The van der Waals surface area contributed by atoms with Gasteiger partial charge in [-0.1, -0.05) is 36.2 Å². The lowest BCUT2D eigenvalue weighted by atomic mass is 9.77. The molecule has 0 atom stereocenters. The summed E-state index contributed by atoms with van der Waals surface area (Å²) >= 11 is 0. The van der Waals surface area contributed by atoms with Crippen LogP contribution in [0.2, 0.25) is 0 Å². The van der Waals surface area contributed by atoms with E-state index in [0.717, 1.165) is 29.0 Å². The number of hydrogen-bond acceptors (Lipinski definition) is 5. The maximum Gasteiger partial charge on any atom is 0.256 e. The molecule has 0 saturated heterocycles. The Morgan fingerprint density at radius 3 is 2.79 bits per heavy atom. The maximum absolute atomic E-state index is 12.6. The minimum absolute atomic E-state index is 0.146. The molecule has 0 bridgehead atoms. The molecule has 6 heteroatoms. The fourth-order valence-electron chi connectivity index (χ4n) is 4.59. The first-order valence-corrected chi connectivity index (χ1v) is 10.00. The highest BCUT2D eigenvalue weighted by molar-refractivity contribution is 6.04. The molecule has 0 radical (unpaired) electrons. The van der Waals surface area contributed by atoms with E-state index < -0.39 is 0 Å². The van der Waals surface area contributed by atoms with Gasteiger partial charge in [0.2, 0.25) is 0 Å². The normalized spacial score (nSPS) is 17.0. The van der Waals surface area contributed by atoms with Gasteiger partial charge < -0.3 is 9.84 Å². The first-order chi connectivity index (χ1) is 14.1. The van der Waals surface area contributed by atoms with Gasteiger partial charge in [0.1, 0.15) is 6.26 Å². The van der Waals surface area contributed by atoms with Gasteiger partial charge in [0, 0.05) is 17.0 Å². The minimum atomic E-state index is -0.218. The number of aromatic nitrogens is 1. The van der Waals surface area contributed by atoms with Gasteiger partial charge in [-0.25, -0.2) is 0 Å². The Balaban J connectivity index is 1.49. The minimum Gasteiger partial charge on any atom is -0.363 e. The van der Waals surface area contributed by atoms with E-state index in [9.17, 15) is 4.79 Å². The van der Waals surface area contributed by atoms with Crippen molar-refractivity contribution >= 4 is 17.4 Å². The predicted molar refractivity (Wildman–Crippen MR) is 111 cm³/mol. The summed E-state index contributed by atoms with van der Waals surface area (Å²) in [6.07, 6.45) is 6.30. The van der Waals surface area contributed by atoms with Crippen LogP contribution in [-0.2, 0) is 10.3 Å². The molecule has 0 unspecified atom stereocenters. The van der Waals surface area contributed by atoms with Crippen molar-refractivity contribution in [3.8, 4) is 11.1 Å². The summed E-state index contributed by atoms with van der Waals surface area (Å²) in [7, 11) is 0. The molecule has 1 amide bonds. The highest BCUT2D eigenvalue weighted by Gasteiger charge is 2.40. The molecule has 1 fully saturated rings. The standard InChI is InChI=1S/C23H23N3O3/c1-15-4-5-17(22(27)24-21-8-11-28-26-21)12-18(15)16-6-7-19-20(13-16)25-29-14-23(19)9-2-3-10-23/h4-8,11-13,25H,2-3,9-10,14H2,1H3,(H,24,26,27).